The minimum Gasteiger partial charge on any atom is -0.388 e. The van der Waals surface area contributed by atoms with Gasteiger partial charge in [0.25, 0.3) is 0 Å². The summed E-state index contributed by atoms with van der Waals surface area (Å²) in [5.41, 5.74) is -1.07. The molecule has 20 heavy (non-hydrogen) atoms. The van der Waals surface area contributed by atoms with E-state index in [1.165, 1.54) is 32.1 Å². The fourth-order valence-electron chi connectivity index (χ4n) is 6.75. The van der Waals surface area contributed by atoms with Crippen LogP contribution in [-0.4, -0.2) is 10.7 Å². The van der Waals surface area contributed by atoms with Gasteiger partial charge in [-0.3, -0.25) is 0 Å². The van der Waals surface area contributed by atoms with Crippen LogP contribution in [0.15, 0.2) is 0 Å². The Morgan fingerprint density at radius 2 is 2.00 bits per heavy atom. The van der Waals surface area contributed by atoms with Crippen molar-refractivity contribution in [1.29, 1.82) is 5.26 Å². The fourth-order valence-corrected chi connectivity index (χ4v) is 6.75. The molecule has 2 nitrogen and oxygen atoms in total. The summed E-state index contributed by atoms with van der Waals surface area (Å²) in [4.78, 5) is 0. The van der Waals surface area contributed by atoms with Crippen LogP contribution < -0.4 is 0 Å². The topological polar surface area (TPSA) is 44.0 Å². The molecule has 4 aliphatic carbocycles. The van der Waals surface area contributed by atoms with E-state index in [4.69, 9.17) is 0 Å². The van der Waals surface area contributed by atoms with E-state index in [2.05, 4.69) is 13.0 Å². The minimum atomic E-state index is -0.651. The maximum absolute atomic E-state index is 11.6. The quantitative estimate of drug-likeness (QED) is 0.829. The van der Waals surface area contributed by atoms with E-state index in [9.17, 15) is 10.4 Å². The summed E-state index contributed by atoms with van der Waals surface area (Å²) in [7, 11) is 0. The van der Waals surface area contributed by atoms with E-state index in [0.29, 0.717) is 11.8 Å². The van der Waals surface area contributed by atoms with Gasteiger partial charge in [0.05, 0.1) is 17.1 Å². The first-order chi connectivity index (χ1) is 9.63. The van der Waals surface area contributed by atoms with Crippen molar-refractivity contribution in [3.63, 3.8) is 0 Å². The molecule has 4 rings (SSSR count). The Hall–Kier alpha value is -0.550. The van der Waals surface area contributed by atoms with E-state index in [1.807, 2.05) is 0 Å². The summed E-state index contributed by atoms with van der Waals surface area (Å²) in [5.74, 6) is 3.46. The van der Waals surface area contributed by atoms with Crippen LogP contribution in [0.2, 0.25) is 0 Å². The molecular formula is C18H27NO. The van der Waals surface area contributed by atoms with E-state index in [-0.39, 0.29) is 0 Å². The highest BCUT2D eigenvalue weighted by atomic mass is 16.3. The highest BCUT2D eigenvalue weighted by molar-refractivity contribution is 5.23. The SMILES string of the molecule is CCC1CCC(C#N)(C2(O)CC3CC2C2CCCC32)C1. The van der Waals surface area contributed by atoms with Crippen LogP contribution in [-0.2, 0) is 0 Å². The Kier molecular flexibility index (Phi) is 2.78. The van der Waals surface area contributed by atoms with Crippen molar-refractivity contribution in [2.45, 2.75) is 70.3 Å². The van der Waals surface area contributed by atoms with Crippen molar-refractivity contribution in [3.8, 4) is 6.07 Å². The lowest BCUT2D eigenvalue weighted by atomic mass is 9.59. The van der Waals surface area contributed by atoms with Crippen LogP contribution in [0, 0.1) is 46.3 Å². The van der Waals surface area contributed by atoms with Crippen molar-refractivity contribution in [2.75, 3.05) is 0 Å². The van der Waals surface area contributed by atoms with Crippen LogP contribution in [0.4, 0.5) is 0 Å². The zero-order chi connectivity index (χ0) is 14.0. The second kappa shape index (κ2) is 4.23. The highest BCUT2D eigenvalue weighted by Gasteiger charge is 2.68. The van der Waals surface area contributed by atoms with Gasteiger partial charge in [-0.05, 0) is 74.5 Å². The van der Waals surface area contributed by atoms with E-state index in [1.54, 1.807) is 0 Å². The van der Waals surface area contributed by atoms with Gasteiger partial charge in [0, 0.05) is 0 Å². The number of rotatable bonds is 2. The number of fused-ring (bicyclic) bond motifs is 5. The predicted molar refractivity (Wildman–Crippen MR) is 77.7 cm³/mol. The number of hydrogen-bond acceptors (Lipinski definition) is 2. The van der Waals surface area contributed by atoms with E-state index >= 15 is 0 Å². The molecule has 0 spiro atoms. The molecule has 0 heterocycles. The van der Waals surface area contributed by atoms with Crippen molar-refractivity contribution >= 4 is 0 Å². The number of hydrogen-bond donors (Lipinski definition) is 1. The Balaban J connectivity index is 1.66. The fraction of sp³-hybridized carbons (Fsp3) is 0.944. The normalized spacial score (nSPS) is 57.0. The van der Waals surface area contributed by atoms with Gasteiger partial charge in [0.1, 0.15) is 0 Å². The molecule has 0 aromatic rings. The lowest BCUT2D eigenvalue weighted by Crippen LogP contribution is -2.53. The molecule has 110 valence electrons. The average molecular weight is 273 g/mol. The third kappa shape index (κ3) is 1.43. The van der Waals surface area contributed by atoms with Crippen LogP contribution in [0.25, 0.3) is 0 Å². The number of aliphatic hydroxyl groups is 1. The Morgan fingerprint density at radius 1 is 1.20 bits per heavy atom. The molecule has 4 fully saturated rings. The molecule has 1 N–H and O–H groups in total. The predicted octanol–water partition coefficient (Wildman–Crippen LogP) is 3.89. The summed E-state index contributed by atoms with van der Waals surface area (Å²) in [6.07, 6.45) is 10.4. The monoisotopic (exact) mass is 273 g/mol. The summed E-state index contributed by atoms with van der Waals surface area (Å²) in [5, 5.41) is 21.5. The van der Waals surface area contributed by atoms with Crippen molar-refractivity contribution in [3.05, 3.63) is 0 Å². The number of nitrogens with zero attached hydrogens (tertiary/aromatic N) is 1. The molecule has 2 bridgehead atoms. The van der Waals surface area contributed by atoms with Crippen LogP contribution in [0.3, 0.4) is 0 Å². The maximum Gasteiger partial charge on any atom is 0.0866 e. The smallest absolute Gasteiger partial charge is 0.0866 e. The Morgan fingerprint density at radius 3 is 2.70 bits per heavy atom. The molecule has 0 aromatic heterocycles. The highest BCUT2D eigenvalue weighted by Crippen LogP contribution is 2.68. The van der Waals surface area contributed by atoms with Crippen molar-refractivity contribution < 1.29 is 5.11 Å². The first-order valence-electron chi connectivity index (χ1n) is 8.77. The summed E-state index contributed by atoms with van der Waals surface area (Å²) >= 11 is 0. The molecule has 4 saturated carbocycles. The van der Waals surface area contributed by atoms with Crippen LogP contribution in [0.5, 0.6) is 0 Å². The average Bonchev–Trinajstić information content (AvgIpc) is 3.18. The molecule has 0 radical (unpaired) electrons. The lowest BCUT2D eigenvalue weighted by Gasteiger charge is -2.47. The summed E-state index contributed by atoms with van der Waals surface area (Å²) < 4.78 is 0. The molecule has 7 atom stereocenters. The minimum absolute atomic E-state index is 0.416. The zero-order valence-electron chi connectivity index (χ0n) is 12.6. The van der Waals surface area contributed by atoms with Gasteiger partial charge in [-0.25, -0.2) is 0 Å². The lowest BCUT2D eigenvalue weighted by molar-refractivity contribution is -0.119. The standard InChI is InChI=1S/C18H27NO/c1-2-12-6-7-17(9-12,11-19)18(20)10-13-8-16(18)15-5-3-4-14(13)15/h12-16,20H,2-10H2,1H3. The largest absolute Gasteiger partial charge is 0.388 e. The van der Waals surface area contributed by atoms with Crippen molar-refractivity contribution in [2.24, 2.45) is 35.0 Å². The molecule has 0 saturated heterocycles. The van der Waals surface area contributed by atoms with Crippen LogP contribution >= 0.6 is 0 Å². The van der Waals surface area contributed by atoms with Crippen LogP contribution in [0.1, 0.15) is 64.7 Å². The van der Waals surface area contributed by atoms with E-state index in [0.717, 1.165) is 43.4 Å². The molecule has 4 aliphatic rings. The van der Waals surface area contributed by atoms with Gasteiger partial charge in [0.15, 0.2) is 0 Å². The molecule has 0 aliphatic heterocycles. The third-order valence-corrected chi connectivity index (χ3v) is 7.73. The van der Waals surface area contributed by atoms with E-state index < -0.39 is 11.0 Å². The molecule has 0 amide bonds. The summed E-state index contributed by atoms with van der Waals surface area (Å²) in [6, 6.07) is 2.64. The Bertz CT molecular complexity index is 455. The number of nitriles is 1. The van der Waals surface area contributed by atoms with Gasteiger partial charge in [-0.2, -0.15) is 5.26 Å². The first-order valence-corrected chi connectivity index (χ1v) is 8.77. The van der Waals surface area contributed by atoms with Gasteiger partial charge in [0.2, 0.25) is 0 Å². The first kappa shape index (κ1) is 13.1. The molecular weight excluding hydrogens is 246 g/mol. The molecule has 2 heteroatoms. The molecule has 0 aromatic carbocycles. The van der Waals surface area contributed by atoms with Gasteiger partial charge in [-0.15, -0.1) is 0 Å². The zero-order valence-corrected chi connectivity index (χ0v) is 12.6. The third-order valence-electron chi connectivity index (χ3n) is 7.73. The van der Waals surface area contributed by atoms with Crippen molar-refractivity contribution in [1.82, 2.24) is 0 Å². The van der Waals surface area contributed by atoms with Gasteiger partial charge in [-0.1, -0.05) is 19.8 Å². The van der Waals surface area contributed by atoms with Gasteiger partial charge >= 0.3 is 0 Å². The maximum atomic E-state index is 11.6. The van der Waals surface area contributed by atoms with Gasteiger partial charge < -0.3 is 5.11 Å². The summed E-state index contributed by atoms with van der Waals surface area (Å²) in [6.45, 7) is 2.23. The molecule has 7 unspecified atom stereocenters. The Labute approximate surface area is 122 Å². The second-order valence-electron chi connectivity index (χ2n) is 8.20. The second-order valence-corrected chi connectivity index (χ2v) is 8.20.